The number of nitrogens with zero attached hydrogens (tertiary/aromatic N) is 4. The fraction of sp³-hybridized carbons (Fsp3) is 0.346. The number of urea groups is 1. The molecule has 3 aromatic rings. The Morgan fingerprint density at radius 3 is 2.27 bits per heavy atom. The molecule has 0 saturated carbocycles. The highest BCUT2D eigenvalue weighted by molar-refractivity contribution is 7.14. The van der Waals surface area contributed by atoms with Crippen molar-refractivity contribution >= 4 is 28.4 Å². The third kappa shape index (κ3) is 5.60. The molecule has 0 N–H and O–H groups in total. The highest BCUT2D eigenvalue weighted by Gasteiger charge is 2.32. The smallest absolute Gasteiger partial charge is 0.319 e. The van der Waals surface area contributed by atoms with Crippen molar-refractivity contribution in [2.24, 2.45) is 5.92 Å². The van der Waals surface area contributed by atoms with Gasteiger partial charge in [0.15, 0.2) is 5.13 Å². The minimum Gasteiger partial charge on any atom is -0.331 e. The molecule has 1 aliphatic heterocycles. The van der Waals surface area contributed by atoms with Crippen LogP contribution in [0.15, 0.2) is 66.0 Å². The van der Waals surface area contributed by atoms with Crippen molar-refractivity contribution < 1.29 is 9.59 Å². The molecule has 7 heteroatoms. The van der Waals surface area contributed by atoms with Crippen LogP contribution in [0.25, 0.3) is 11.3 Å². The van der Waals surface area contributed by atoms with Crippen LogP contribution in [-0.2, 0) is 11.2 Å². The van der Waals surface area contributed by atoms with E-state index in [1.54, 1.807) is 19.0 Å². The Kier molecular flexibility index (Phi) is 7.40. The maximum atomic E-state index is 13.7. The summed E-state index contributed by atoms with van der Waals surface area (Å²) < 4.78 is 0. The van der Waals surface area contributed by atoms with Gasteiger partial charge in [0.2, 0.25) is 5.91 Å². The molecule has 0 aliphatic carbocycles. The molecule has 0 radical (unpaired) electrons. The lowest BCUT2D eigenvalue weighted by atomic mass is 9.95. The number of thiazole rings is 1. The SMILES string of the molecule is CN(C)C(=O)N1CCC(C(=O)N(CCc2ccccc2)c2nc(-c3ccccc3)cs2)CC1. The van der Waals surface area contributed by atoms with E-state index in [0.717, 1.165) is 22.8 Å². The summed E-state index contributed by atoms with van der Waals surface area (Å²) in [5.41, 5.74) is 3.13. The van der Waals surface area contributed by atoms with Crippen molar-refractivity contribution in [1.82, 2.24) is 14.8 Å². The molecule has 1 saturated heterocycles. The van der Waals surface area contributed by atoms with Crippen LogP contribution in [0.3, 0.4) is 0 Å². The number of piperidine rings is 1. The van der Waals surface area contributed by atoms with Crippen LogP contribution in [0, 0.1) is 5.92 Å². The van der Waals surface area contributed by atoms with Crippen LogP contribution in [0.1, 0.15) is 18.4 Å². The number of anilines is 1. The minimum atomic E-state index is -0.101. The maximum Gasteiger partial charge on any atom is 0.319 e. The van der Waals surface area contributed by atoms with Gasteiger partial charge in [-0.1, -0.05) is 60.7 Å². The molecule has 2 heterocycles. The van der Waals surface area contributed by atoms with E-state index in [0.29, 0.717) is 32.5 Å². The second kappa shape index (κ2) is 10.6. The van der Waals surface area contributed by atoms with Crippen molar-refractivity contribution in [3.63, 3.8) is 0 Å². The summed E-state index contributed by atoms with van der Waals surface area (Å²) in [6, 6.07) is 20.3. The fourth-order valence-electron chi connectivity index (χ4n) is 4.14. The molecule has 1 fully saturated rings. The standard InChI is InChI=1S/C26H30N4O2S/c1-28(2)26(32)29-16-14-22(15-17-29)24(31)30(18-13-20-9-5-3-6-10-20)25-27-23(19-33-25)21-11-7-4-8-12-21/h3-12,19,22H,13-18H2,1-2H3. The van der Waals surface area contributed by atoms with Gasteiger partial charge in [-0.05, 0) is 24.8 Å². The van der Waals surface area contributed by atoms with E-state index in [1.165, 1.54) is 16.9 Å². The van der Waals surface area contributed by atoms with Gasteiger partial charge < -0.3 is 9.80 Å². The maximum absolute atomic E-state index is 13.7. The first kappa shape index (κ1) is 23.0. The number of carbonyl (C=O) groups excluding carboxylic acids is 2. The fourth-order valence-corrected chi connectivity index (χ4v) is 5.00. The summed E-state index contributed by atoms with van der Waals surface area (Å²) >= 11 is 1.51. The van der Waals surface area contributed by atoms with E-state index < -0.39 is 0 Å². The zero-order valence-electron chi connectivity index (χ0n) is 19.2. The molecule has 1 aromatic heterocycles. The number of rotatable bonds is 6. The number of aromatic nitrogens is 1. The largest absolute Gasteiger partial charge is 0.331 e. The number of carbonyl (C=O) groups is 2. The molecule has 6 nitrogen and oxygen atoms in total. The van der Waals surface area contributed by atoms with Crippen LogP contribution < -0.4 is 4.90 Å². The molecule has 4 rings (SSSR count). The molecule has 3 amide bonds. The van der Waals surface area contributed by atoms with Gasteiger partial charge in [0.1, 0.15) is 0 Å². The van der Waals surface area contributed by atoms with E-state index in [9.17, 15) is 9.59 Å². The molecule has 1 aliphatic rings. The predicted octanol–water partition coefficient (Wildman–Crippen LogP) is 4.78. The van der Waals surface area contributed by atoms with Crippen LogP contribution in [0.2, 0.25) is 0 Å². The zero-order chi connectivity index (χ0) is 23.2. The van der Waals surface area contributed by atoms with E-state index in [2.05, 4.69) is 12.1 Å². The van der Waals surface area contributed by atoms with E-state index in [1.807, 2.05) is 63.7 Å². The van der Waals surface area contributed by atoms with Crippen molar-refractivity contribution in [1.29, 1.82) is 0 Å². The normalized spacial score (nSPS) is 14.2. The number of amides is 3. The van der Waals surface area contributed by atoms with Gasteiger partial charge in [0, 0.05) is 50.6 Å². The lowest BCUT2D eigenvalue weighted by Gasteiger charge is -2.34. The van der Waals surface area contributed by atoms with Gasteiger partial charge >= 0.3 is 6.03 Å². The van der Waals surface area contributed by atoms with Crippen molar-refractivity contribution in [3.05, 3.63) is 71.6 Å². The van der Waals surface area contributed by atoms with Gasteiger partial charge in [-0.25, -0.2) is 9.78 Å². The Morgan fingerprint density at radius 2 is 1.64 bits per heavy atom. The summed E-state index contributed by atoms with van der Waals surface area (Å²) in [7, 11) is 3.52. The molecular weight excluding hydrogens is 432 g/mol. The molecule has 33 heavy (non-hydrogen) atoms. The Hall–Kier alpha value is -3.19. The zero-order valence-corrected chi connectivity index (χ0v) is 20.0. The Morgan fingerprint density at radius 1 is 1.00 bits per heavy atom. The molecule has 0 atom stereocenters. The summed E-state index contributed by atoms with van der Waals surface area (Å²) in [6.45, 7) is 1.79. The molecule has 2 aromatic carbocycles. The third-order valence-electron chi connectivity index (χ3n) is 6.02. The molecule has 0 spiro atoms. The number of hydrogen-bond donors (Lipinski definition) is 0. The van der Waals surface area contributed by atoms with Gasteiger partial charge in [-0.2, -0.15) is 0 Å². The van der Waals surface area contributed by atoms with Gasteiger partial charge in [0.05, 0.1) is 5.69 Å². The molecular formula is C26H30N4O2S. The first-order valence-corrected chi connectivity index (χ1v) is 12.2. The topological polar surface area (TPSA) is 56.8 Å². The van der Waals surface area contributed by atoms with Crippen LogP contribution in [0.4, 0.5) is 9.93 Å². The summed E-state index contributed by atoms with van der Waals surface area (Å²) in [4.78, 5) is 36.0. The van der Waals surface area contributed by atoms with Crippen molar-refractivity contribution in [3.8, 4) is 11.3 Å². The molecule has 0 unspecified atom stereocenters. The van der Waals surface area contributed by atoms with Gasteiger partial charge in [0.25, 0.3) is 0 Å². The first-order valence-electron chi connectivity index (χ1n) is 11.4. The van der Waals surface area contributed by atoms with E-state index >= 15 is 0 Å². The first-order chi connectivity index (χ1) is 16.0. The lowest BCUT2D eigenvalue weighted by Crippen LogP contribution is -2.47. The van der Waals surface area contributed by atoms with Crippen LogP contribution in [0.5, 0.6) is 0 Å². The number of likely N-dealkylation sites (tertiary alicyclic amines) is 1. The van der Waals surface area contributed by atoms with Gasteiger partial charge in [-0.3, -0.25) is 9.69 Å². The summed E-state index contributed by atoms with van der Waals surface area (Å²) in [5, 5.41) is 2.76. The predicted molar refractivity (Wildman–Crippen MR) is 133 cm³/mol. The Balaban J connectivity index is 1.51. The molecule has 172 valence electrons. The summed E-state index contributed by atoms with van der Waals surface area (Å²) in [6.07, 6.45) is 2.12. The number of hydrogen-bond acceptors (Lipinski definition) is 4. The molecule has 0 bridgehead atoms. The van der Waals surface area contributed by atoms with Crippen molar-refractivity contribution in [2.45, 2.75) is 19.3 Å². The average Bonchev–Trinajstić information content (AvgIpc) is 3.35. The highest BCUT2D eigenvalue weighted by atomic mass is 32.1. The third-order valence-corrected chi connectivity index (χ3v) is 6.89. The second-order valence-electron chi connectivity index (χ2n) is 8.55. The second-order valence-corrected chi connectivity index (χ2v) is 9.38. The lowest BCUT2D eigenvalue weighted by molar-refractivity contribution is -0.123. The monoisotopic (exact) mass is 462 g/mol. The van der Waals surface area contributed by atoms with Crippen LogP contribution in [-0.4, -0.2) is 60.5 Å². The van der Waals surface area contributed by atoms with E-state index in [-0.39, 0.29) is 17.9 Å². The Bertz CT molecular complexity index is 1060. The van der Waals surface area contributed by atoms with Crippen molar-refractivity contribution in [2.75, 3.05) is 38.6 Å². The minimum absolute atomic E-state index is 0.00857. The quantitative estimate of drug-likeness (QED) is 0.530. The van der Waals surface area contributed by atoms with Gasteiger partial charge in [-0.15, -0.1) is 11.3 Å². The average molecular weight is 463 g/mol. The Labute approximate surface area is 199 Å². The van der Waals surface area contributed by atoms with Crippen LogP contribution >= 0.6 is 11.3 Å². The highest BCUT2D eigenvalue weighted by Crippen LogP contribution is 2.30. The number of benzene rings is 2. The summed E-state index contributed by atoms with van der Waals surface area (Å²) in [5.74, 6) is 0.00732. The van der Waals surface area contributed by atoms with E-state index in [4.69, 9.17) is 4.98 Å².